The van der Waals surface area contributed by atoms with Crippen LogP contribution in [0, 0.1) is 0 Å². The van der Waals surface area contributed by atoms with Crippen molar-refractivity contribution < 1.29 is 19.1 Å². The van der Waals surface area contributed by atoms with E-state index in [1.54, 1.807) is 59.0 Å². The molecule has 3 aromatic carbocycles. The van der Waals surface area contributed by atoms with Crippen molar-refractivity contribution in [2.45, 2.75) is 39.6 Å². The third kappa shape index (κ3) is 6.10. The Hall–Kier alpha value is -4.02. The summed E-state index contributed by atoms with van der Waals surface area (Å²) in [6, 6.07) is 19.4. The molecule has 11 heteroatoms. The largest absolute Gasteiger partial charge is 0.497 e. The van der Waals surface area contributed by atoms with E-state index in [0.717, 1.165) is 5.56 Å². The van der Waals surface area contributed by atoms with Gasteiger partial charge in [-0.1, -0.05) is 23.7 Å². The summed E-state index contributed by atoms with van der Waals surface area (Å²) in [5.41, 5.74) is 2.09. The smallest absolute Gasteiger partial charge is 0.333 e. The minimum Gasteiger partial charge on any atom is -0.497 e. The van der Waals surface area contributed by atoms with Crippen LogP contribution in [0.3, 0.4) is 0 Å². The van der Waals surface area contributed by atoms with Crippen LogP contribution >= 0.6 is 27.5 Å². The highest BCUT2D eigenvalue weighted by Gasteiger charge is 2.32. The number of amides is 2. The third-order valence-electron chi connectivity index (χ3n) is 6.93. The number of benzene rings is 3. The van der Waals surface area contributed by atoms with Crippen molar-refractivity contribution >= 4 is 39.3 Å². The second-order valence-corrected chi connectivity index (χ2v) is 11.4. The van der Waals surface area contributed by atoms with Crippen LogP contribution in [0.25, 0.3) is 5.69 Å². The van der Waals surface area contributed by atoms with Gasteiger partial charge in [0, 0.05) is 29.7 Å². The van der Waals surface area contributed by atoms with E-state index >= 15 is 0 Å². The molecule has 1 aliphatic heterocycles. The zero-order chi connectivity index (χ0) is 30.0. The molecule has 218 valence electrons. The van der Waals surface area contributed by atoms with Gasteiger partial charge in [0.25, 0.3) is 11.8 Å². The van der Waals surface area contributed by atoms with Crippen LogP contribution in [-0.2, 0) is 19.6 Å². The predicted molar refractivity (Wildman–Crippen MR) is 164 cm³/mol. The van der Waals surface area contributed by atoms with Crippen LogP contribution in [0.5, 0.6) is 11.5 Å². The van der Waals surface area contributed by atoms with Gasteiger partial charge in [0.1, 0.15) is 17.2 Å². The van der Waals surface area contributed by atoms with Crippen LogP contribution in [-0.4, -0.2) is 45.6 Å². The summed E-state index contributed by atoms with van der Waals surface area (Å²) < 4.78 is 14.6. The van der Waals surface area contributed by atoms with Gasteiger partial charge in [0.05, 0.1) is 36.2 Å². The van der Waals surface area contributed by atoms with Crippen molar-refractivity contribution in [1.82, 2.24) is 19.4 Å². The maximum atomic E-state index is 13.8. The monoisotopic (exact) mass is 652 g/mol. The Kier molecular flexibility index (Phi) is 8.74. The molecule has 0 spiro atoms. The molecule has 0 saturated carbocycles. The number of carbonyl (C=O) groups is 2. The van der Waals surface area contributed by atoms with E-state index in [4.69, 9.17) is 21.1 Å². The maximum Gasteiger partial charge on any atom is 0.333 e. The third-order valence-corrected chi connectivity index (χ3v) is 8.16. The van der Waals surface area contributed by atoms with Crippen molar-refractivity contribution in [1.29, 1.82) is 0 Å². The van der Waals surface area contributed by atoms with Crippen molar-refractivity contribution in [2.75, 3.05) is 13.7 Å². The average molecular weight is 654 g/mol. The number of halogens is 2. The molecule has 1 N–H and O–H groups in total. The summed E-state index contributed by atoms with van der Waals surface area (Å²) in [7, 11) is 1.59. The Morgan fingerprint density at radius 3 is 2.33 bits per heavy atom. The molecule has 9 nitrogen and oxygen atoms in total. The van der Waals surface area contributed by atoms with E-state index in [0.29, 0.717) is 44.5 Å². The quantitative estimate of drug-likeness (QED) is 0.274. The van der Waals surface area contributed by atoms with Gasteiger partial charge >= 0.3 is 5.69 Å². The Balaban J connectivity index is 1.51. The summed E-state index contributed by atoms with van der Waals surface area (Å²) in [4.78, 5) is 42.6. The number of carbonyl (C=O) groups excluding carboxylic acids is 2. The lowest BCUT2D eigenvalue weighted by Gasteiger charge is -2.28. The zero-order valence-electron chi connectivity index (χ0n) is 23.4. The molecule has 0 saturated heterocycles. The first-order valence-electron chi connectivity index (χ1n) is 13.4. The normalized spacial score (nSPS) is 12.7. The van der Waals surface area contributed by atoms with Gasteiger partial charge in [-0.25, -0.2) is 4.79 Å². The molecular formula is C31H30BrClN4O5. The van der Waals surface area contributed by atoms with Gasteiger partial charge < -0.3 is 19.7 Å². The highest BCUT2D eigenvalue weighted by Crippen LogP contribution is 2.26. The average Bonchev–Trinajstić information content (AvgIpc) is 3.28. The van der Waals surface area contributed by atoms with Gasteiger partial charge in [0.15, 0.2) is 0 Å². The van der Waals surface area contributed by atoms with E-state index in [-0.39, 0.29) is 43.0 Å². The van der Waals surface area contributed by atoms with Crippen molar-refractivity contribution in [3.8, 4) is 17.2 Å². The van der Waals surface area contributed by atoms with Gasteiger partial charge in [-0.2, -0.15) is 0 Å². The lowest BCUT2D eigenvalue weighted by molar-refractivity contribution is 0.0706. The zero-order valence-corrected chi connectivity index (χ0v) is 25.7. The summed E-state index contributed by atoms with van der Waals surface area (Å²) in [5.74, 6) is 0.694. The molecule has 0 fully saturated rings. The number of methoxy groups -OCH3 is 1. The predicted octanol–water partition coefficient (Wildman–Crippen LogP) is 5.44. The van der Waals surface area contributed by atoms with Gasteiger partial charge in [-0.3, -0.25) is 18.7 Å². The summed E-state index contributed by atoms with van der Waals surface area (Å²) in [5, 5.41) is 3.37. The number of rotatable bonds is 8. The first-order chi connectivity index (χ1) is 20.2. The fraction of sp³-hybridized carbons (Fsp3) is 0.258. The Bertz CT molecular complexity index is 1680. The molecule has 0 atom stereocenters. The molecule has 1 aromatic heterocycles. The van der Waals surface area contributed by atoms with Crippen LogP contribution in [0.1, 0.15) is 46.0 Å². The molecule has 5 rings (SSSR count). The molecule has 2 heterocycles. The number of nitrogens with one attached hydrogen (secondary N) is 1. The highest BCUT2D eigenvalue weighted by molar-refractivity contribution is 9.10. The lowest BCUT2D eigenvalue weighted by atomic mass is 10.1. The minimum atomic E-state index is -0.430. The number of aromatic nitrogens is 2. The number of fused-ring (bicyclic) bond motifs is 1. The number of imidazole rings is 1. The fourth-order valence-electron chi connectivity index (χ4n) is 4.87. The molecule has 1 aliphatic rings. The molecule has 2 amide bonds. The summed E-state index contributed by atoms with van der Waals surface area (Å²) >= 11 is 9.60. The molecule has 0 unspecified atom stereocenters. The van der Waals surface area contributed by atoms with Crippen molar-refractivity contribution in [3.63, 3.8) is 0 Å². The standard InChI is InChI=1S/C31H30BrClN4O5/c1-19(2)42-24-11-7-22(8-12-24)37-28(29(38)34-17-20-4-9-23(41-3)10-5-20)27-18-35(14-15-36(27)31(37)40)30(39)21-6-13-25(32)26(33)16-21/h4-13,16,19H,14-15,17-18H2,1-3H3,(H,34,38). The molecule has 0 aliphatic carbocycles. The molecule has 42 heavy (non-hydrogen) atoms. The topological polar surface area (TPSA) is 94.8 Å². The van der Waals surface area contributed by atoms with Gasteiger partial charge in [-0.15, -0.1) is 0 Å². The second-order valence-electron chi connectivity index (χ2n) is 10.1. The Morgan fingerprint density at radius 2 is 1.69 bits per heavy atom. The Labute approximate surface area is 256 Å². The molecule has 4 aromatic rings. The summed E-state index contributed by atoms with van der Waals surface area (Å²) in [6.45, 7) is 4.72. The summed E-state index contributed by atoms with van der Waals surface area (Å²) in [6.07, 6.45) is -0.0104. The van der Waals surface area contributed by atoms with E-state index in [9.17, 15) is 14.4 Å². The van der Waals surface area contributed by atoms with E-state index in [1.165, 1.54) is 4.57 Å². The number of ether oxygens (including phenoxy) is 2. The van der Waals surface area contributed by atoms with E-state index in [2.05, 4.69) is 21.2 Å². The minimum absolute atomic E-state index is 0.0104. The molecule has 0 bridgehead atoms. The maximum absolute atomic E-state index is 13.8. The first-order valence-corrected chi connectivity index (χ1v) is 14.6. The number of hydrogen-bond acceptors (Lipinski definition) is 5. The van der Waals surface area contributed by atoms with Gasteiger partial charge in [0.2, 0.25) is 0 Å². The van der Waals surface area contributed by atoms with Crippen molar-refractivity contribution in [2.24, 2.45) is 0 Å². The molecular weight excluding hydrogens is 624 g/mol. The van der Waals surface area contributed by atoms with Crippen LogP contribution in [0.2, 0.25) is 5.02 Å². The molecule has 0 radical (unpaired) electrons. The second kappa shape index (κ2) is 12.5. The Morgan fingerprint density at radius 1 is 1.00 bits per heavy atom. The van der Waals surface area contributed by atoms with Crippen LogP contribution in [0.4, 0.5) is 0 Å². The first kappa shape index (κ1) is 29.5. The van der Waals surface area contributed by atoms with Crippen LogP contribution in [0.15, 0.2) is 76.0 Å². The van der Waals surface area contributed by atoms with E-state index < -0.39 is 5.91 Å². The lowest BCUT2D eigenvalue weighted by Crippen LogP contribution is -2.41. The van der Waals surface area contributed by atoms with Crippen LogP contribution < -0.4 is 20.5 Å². The number of nitrogens with zero attached hydrogens (tertiary/aromatic N) is 3. The highest BCUT2D eigenvalue weighted by atomic mass is 79.9. The van der Waals surface area contributed by atoms with E-state index in [1.807, 2.05) is 38.1 Å². The SMILES string of the molecule is COc1ccc(CNC(=O)c2c3n(c(=O)n2-c2ccc(OC(C)C)cc2)CCN(C(=O)c2ccc(Br)c(Cl)c2)C3)cc1. The number of hydrogen-bond donors (Lipinski definition) is 1. The van der Waals surface area contributed by atoms with Crippen molar-refractivity contribution in [3.05, 3.63) is 109 Å². The fourth-order valence-corrected chi connectivity index (χ4v) is 5.30. The van der Waals surface area contributed by atoms with Gasteiger partial charge in [-0.05, 0) is 89.9 Å².